The van der Waals surface area contributed by atoms with Crippen LogP contribution >= 0.6 is 0 Å². The number of hydrogen-bond acceptors (Lipinski definition) is 5. The van der Waals surface area contributed by atoms with Gasteiger partial charge >= 0.3 is 0 Å². The normalized spacial score (nSPS) is 10.5. The van der Waals surface area contributed by atoms with Crippen LogP contribution in [0.2, 0.25) is 0 Å². The van der Waals surface area contributed by atoms with Crippen LogP contribution in [-0.4, -0.2) is 15.6 Å². The smallest absolute Gasteiger partial charge is 0.283 e. The highest BCUT2D eigenvalue weighted by Crippen LogP contribution is 2.25. The Hall–Kier alpha value is -3.35. The quantitative estimate of drug-likeness (QED) is 0.364. The van der Waals surface area contributed by atoms with Gasteiger partial charge in [-0.25, -0.2) is 0 Å². The number of non-ortho nitro benzene ring substituents is 1. The Morgan fingerprint density at radius 3 is 2.23 bits per heavy atom. The summed E-state index contributed by atoms with van der Waals surface area (Å²) in [5.74, 6) is -0.312. The second-order valence-corrected chi connectivity index (χ2v) is 4.32. The molecule has 0 atom stereocenters. The number of nitrogens with zero attached hydrogens (tertiary/aromatic N) is 2. The van der Waals surface area contributed by atoms with E-state index >= 15 is 0 Å². The van der Waals surface area contributed by atoms with E-state index in [0.717, 1.165) is 12.1 Å². The van der Waals surface area contributed by atoms with Gasteiger partial charge in [0.25, 0.3) is 11.4 Å². The Morgan fingerprint density at radius 2 is 1.64 bits per heavy atom. The van der Waals surface area contributed by atoms with E-state index < -0.39 is 15.5 Å². The van der Waals surface area contributed by atoms with Crippen LogP contribution in [0.1, 0.15) is 15.9 Å². The summed E-state index contributed by atoms with van der Waals surface area (Å²) in [7, 11) is 0. The number of hydrogen-bond donors (Lipinski definition) is 0. The van der Waals surface area contributed by atoms with Gasteiger partial charge in [0.2, 0.25) is 0 Å². The lowest BCUT2D eigenvalue weighted by atomic mass is 10.1. The fraction of sp³-hybridized carbons (Fsp3) is 0. The Balaban J connectivity index is 2.33. The molecule has 110 valence electrons. The lowest BCUT2D eigenvalue weighted by molar-refractivity contribution is -0.394. The predicted octanol–water partition coefficient (Wildman–Crippen LogP) is 3.40. The summed E-state index contributed by atoms with van der Waals surface area (Å²) in [4.78, 5) is 32.1. The molecule has 2 rings (SSSR count). The number of rotatable bonds is 5. The Bertz CT molecular complexity index is 769. The molecule has 0 heterocycles. The number of benzene rings is 2. The molecule has 0 aliphatic rings. The first-order valence-electron chi connectivity index (χ1n) is 6.19. The van der Waals surface area contributed by atoms with Gasteiger partial charge in [-0.2, -0.15) is 0 Å². The number of nitro groups is 2. The number of allylic oxidation sites excluding steroid dienone is 1. The minimum Gasteiger partial charge on any atom is -0.289 e. The van der Waals surface area contributed by atoms with Crippen LogP contribution in [0, 0.1) is 20.2 Å². The number of carbonyl (C=O) groups is 1. The maximum absolute atomic E-state index is 11.9. The third-order valence-corrected chi connectivity index (χ3v) is 2.89. The number of nitro benzene ring substituents is 2. The monoisotopic (exact) mass is 298 g/mol. The minimum atomic E-state index is -0.723. The highest BCUT2D eigenvalue weighted by Gasteiger charge is 2.17. The molecule has 0 aliphatic carbocycles. The van der Waals surface area contributed by atoms with Crippen molar-refractivity contribution < 1.29 is 14.6 Å². The van der Waals surface area contributed by atoms with Crippen LogP contribution in [0.3, 0.4) is 0 Å². The van der Waals surface area contributed by atoms with Gasteiger partial charge in [-0.05, 0) is 18.2 Å². The zero-order chi connectivity index (χ0) is 16.1. The Morgan fingerprint density at radius 1 is 0.955 bits per heavy atom. The lowest BCUT2D eigenvalue weighted by Crippen LogP contribution is -1.96. The molecular weight excluding hydrogens is 288 g/mol. The van der Waals surface area contributed by atoms with E-state index in [9.17, 15) is 25.0 Å². The second kappa shape index (κ2) is 6.40. The molecule has 0 saturated carbocycles. The summed E-state index contributed by atoms with van der Waals surface area (Å²) in [5.41, 5.74) is -0.229. The van der Waals surface area contributed by atoms with Crippen molar-refractivity contribution in [2.75, 3.05) is 0 Å². The van der Waals surface area contributed by atoms with E-state index in [2.05, 4.69) is 0 Å². The molecule has 0 aromatic heterocycles. The second-order valence-electron chi connectivity index (χ2n) is 4.32. The highest BCUT2D eigenvalue weighted by molar-refractivity contribution is 6.07. The summed E-state index contributed by atoms with van der Waals surface area (Å²) in [6.45, 7) is 0. The molecule has 0 saturated heterocycles. The average Bonchev–Trinajstić information content (AvgIpc) is 2.53. The molecule has 0 bridgehead atoms. The van der Waals surface area contributed by atoms with Crippen molar-refractivity contribution >= 4 is 23.2 Å². The zero-order valence-electron chi connectivity index (χ0n) is 11.2. The van der Waals surface area contributed by atoms with Crippen molar-refractivity contribution in [3.63, 3.8) is 0 Å². The van der Waals surface area contributed by atoms with Gasteiger partial charge in [0.05, 0.1) is 21.5 Å². The van der Waals surface area contributed by atoms with Crippen molar-refractivity contribution in [2.24, 2.45) is 0 Å². The molecule has 7 heteroatoms. The standard InChI is InChI=1S/C15H10N2O5/c18-15(12-4-2-1-3-5-12)9-7-11-6-8-13(16(19)20)10-14(11)17(21)22/h1-10H. The minimum absolute atomic E-state index is 0.125. The molecule has 22 heavy (non-hydrogen) atoms. The SMILES string of the molecule is O=C(C=Cc1ccc([N+](=O)[O-])cc1[N+](=O)[O-])c1ccccc1. The van der Waals surface area contributed by atoms with Crippen molar-refractivity contribution in [2.45, 2.75) is 0 Å². The van der Waals surface area contributed by atoms with E-state index in [1.807, 2.05) is 0 Å². The van der Waals surface area contributed by atoms with E-state index in [1.165, 1.54) is 18.2 Å². The van der Waals surface area contributed by atoms with Crippen LogP contribution in [-0.2, 0) is 0 Å². The van der Waals surface area contributed by atoms with E-state index in [0.29, 0.717) is 5.56 Å². The van der Waals surface area contributed by atoms with Gasteiger partial charge in [0, 0.05) is 11.6 Å². The number of carbonyl (C=O) groups excluding carboxylic acids is 1. The molecule has 0 spiro atoms. The molecular formula is C15H10N2O5. The summed E-state index contributed by atoms with van der Waals surface area (Å²) >= 11 is 0. The molecule has 0 unspecified atom stereocenters. The van der Waals surface area contributed by atoms with Crippen LogP contribution in [0.15, 0.2) is 54.6 Å². The van der Waals surface area contributed by atoms with Gasteiger partial charge in [0.1, 0.15) is 0 Å². The maximum atomic E-state index is 11.9. The van der Waals surface area contributed by atoms with Crippen LogP contribution in [0.5, 0.6) is 0 Å². The molecule has 0 radical (unpaired) electrons. The van der Waals surface area contributed by atoms with E-state index in [1.54, 1.807) is 30.3 Å². The highest BCUT2D eigenvalue weighted by atomic mass is 16.6. The zero-order valence-corrected chi connectivity index (χ0v) is 11.2. The molecule has 0 aliphatic heterocycles. The van der Waals surface area contributed by atoms with Crippen LogP contribution < -0.4 is 0 Å². The Kier molecular flexibility index (Phi) is 4.38. The lowest BCUT2D eigenvalue weighted by Gasteiger charge is -1.98. The van der Waals surface area contributed by atoms with E-state index in [4.69, 9.17) is 0 Å². The maximum Gasteiger partial charge on any atom is 0.283 e. The first kappa shape index (κ1) is 15.0. The largest absolute Gasteiger partial charge is 0.289 e. The van der Waals surface area contributed by atoms with Gasteiger partial charge in [-0.15, -0.1) is 0 Å². The Labute approximate surface area is 124 Å². The summed E-state index contributed by atoms with van der Waals surface area (Å²) in [6.07, 6.45) is 2.47. The third-order valence-electron chi connectivity index (χ3n) is 2.89. The van der Waals surface area contributed by atoms with Crippen molar-refractivity contribution in [3.8, 4) is 0 Å². The predicted molar refractivity (Wildman–Crippen MR) is 79.6 cm³/mol. The van der Waals surface area contributed by atoms with Crippen LogP contribution in [0.4, 0.5) is 11.4 Å². The first-order chi connectivity index (χ1) is 10.5. The van der Waals surface area contributed by atoms with Crippen molar-refractivity contribution in [1.29, 1.82) is 0 Å². The van der Waals surface area contributed by atoms with Gasteiger partial charge < -0.3 is 0 Å². The van der Waals surface area contributed by atoms with E-state index in [-0.39, 0.29) is 17.0 Å². The third kappa shape index (κ3) is 3.40. The molecule has 0 fully saturated rings. The summed E-state index contributed by atoms with van der Waals surface area (Å²) in [6, 6.07) is 11.7. The molecule has 2 aromatic carbocycles. The van der Waals surface area contributed by atoms with Gasteiger partial charge in [-0.1, -0.05) is 30.3 Å². The van der Waals surface area contributed by atoms with Crippen LogP contribution in [0.25, 0.3) is 6.08 Å². The summed E-state index contributed by atoms with van der Waals surface area (Å²) in [5, 5.41) is 21.6. The summed E-state index contributed by atoms with van der Waals surface area (Å²) < 4.78 is 0. The fourth-order valence-electron chi connectivity index (χ4n) is 1.81. The average molecular weight is 298 g/mol. The van der Waals surface area contributed by atoms with Crippen molar-refractivity contribution in [1.82, 2.24) is 0 Å². The fourth-order valence-corrected chi connectivity index (χ4v) is 1.81. The van der Waals surface area contributed by atoms with Gasteiger partial charge in [-0.3, -0.25) is 25.0 Å². The van der Waals surface area contributed by atoms with Crippen molar-refractivity contribution in [3.05, 3.63) is 86.0 Å². The first-order valence-corrected chi connectivity index (χ1v) is 6.19. The molecule has 0 amide bonds. The van der Waals surface area contributed by atoms with Gasteiger partial charge in [0.15, 0.2) is 5.78 Å². The molecule has 0 N–H and O–H groups in total. The molecule has 7 nitrogen and oxygen atoms in total. The topological polar surface area (TPSA) is 103 Å². The number of ketones is 1. The molecule has 2 aromatic rings.